The summed E-state index contributed by atoms with van der Waals surface area (Å²) in [5.41, 5.74) is 6.13. The van der Waals surface area contributed by atoms with Crippen LogP contribution in [0.15, 0.2) is 29.2 Å². The number of aldehydes is 1. The zero-order valence-electron chi connectivity index (χ0n) is 9.77. The van der Waals surface area contributed by atoms with E-state index in [1.54, 1.807) is 31.3 Å². The second kappa shape index (κ2) is 8.01. The summed E-state index contributed by atoms with van der Waals surface area (Å²) in [6.45, 7) is 3.71. The minimum absolute atomic E-state index is 0.204. The monoisotopic (exact) mass is 242 g/mol. The number of anilines is 1. The van der Waals surface area contributed by atoms with E-state index in [0.717, 1.165) is 11.2 Å². The molecule has 1 rings (SSSR count). The number of nitrogen functional groups attached to an aromatic ring is 1. The Hall–Kier alpha value is -1.20. The number of rotatable bonds is 3. The van der Waals surface area contributed by atoms with Gasteiger partial charge in [0.25, 0.3) is 0 Å². The van der Waals surface area contributed by atoms with Gasteiger partial charge in [-0.15, -0.1) is 0 Å². The van der Waals surface area contributed by atoms with E-state index in [1.807, 2.05) is 13.8 Å². The maximum Gasteiger partial charge on any atom is 0.124 e. The molecule has 5 heteroatoms. The fourth-order valence-corrected chi connectivity index (χ4v) is 1.33. The van der Waals surface area contributed by atoms with E-state index in [0.29, 0.717) is 5.69 Å². The molecule has 0 aromatic heterocycles. The van der Waals surface area contributed by atoms with Crippen LogP contribution < -0.4 is 10.5 Å². The van der Waals surface area contributed by atoms with Crippen LogP contribution in [-0.2, 0) is 15.8 Å². The SMILES string of the molecule is CC(C)C=O.CNS(=O)c1ccc(N)cc1. The molecule has 0 saturated heterocycles. The average Bonchev–Trinajstić information content (AvgIpc) is 2.29. The van der Waals surface area contributed by atoms with Crippen molar-refractivity contribution in [2.75, 3.05) is 12.8 Å². The van der Waals surface area contributed by atoms with Crippen molar-refractivity contribution in [1.82, 2.24) is 4.72 Å². The van der Waals surface area contributed by atoms with E-state index < -0.39 is 11.0 Å². The van der Waals surface area contributed by atoms with Crippen molar-refractivity contribution in [2.45, 2.75) is 18.7 Å². The summed E-state index contributed by atoms with van der Waals surface area (Å²) < 4.78 is 13.7. The van der Waals surface area contributed by atoms with E-state index >= 15 is 0 Å². The Labute approximate surface area is 98.8 Å². The molecule has 0 spiro atoms. The van der Waals surface area contributed by atoms with Crippen molar-refractivity contribution >= 4 is 23.0 Å². The molecule has 0 saturated carbocycles. The highest BCUT2D eigenvalue weighted by molar-refractivity contribution is 7.83. The average molecular weight is 242 g/mol. The number of nitrogens with one attached hydrogen (secondary N) is 1. The van der Waals surface area contributed by atoms with Crippen LogP contribution in [-0.4, -0.2) is 17.5 Å². The van der Waals surface area contributed by atoms with Gasteiger partial charge in [0.15, 0.2) is 0 Å². The second-order valence-electron chi connectivity index (χ2n) is 3.42. The van der Waals surface area contributed by atoms with Crippen LogP contribution in [0, 0.1) is 5.92 Å². The zero-order valence-corrected chi connectivity index (χ0v) is 10.6. The highest BCUT2D eigenvalue weighted by Crippen LogP contribution is 2.07. The Kier molecular flexibility index (Phi) is 7.41. The molecule has 90 valence electrons. The Bertz CT molecular complexity index is 336. The van der Waals surface area contributed by atoms with Crippen LogP contribution in [0.25, 0.3) is 0 Å². The van der Waals surface area contributed by atoms with E-state index in [-0.39, 0.29) is 5.92 Å². The molecular formula is C11H18N2O2S. The first-order chi connectivity index (χ1) is 7.51. The molecule has 4 nitrogen and oxygen atoms in total. The predicted octanol–water partition coefficient (Wildman–Crippen LogP) is 1.35. The van der Waals surface area contributed by atoms with Gasteiger partial charge in [-0.2, -0.15) is 0 Å². The molecule has 0 radical (unpaired) electrons. The van der Waals surface area contributed by atoms with Crippen LogP contribution in [0.3, 0.4) is 0 Å². The molecule has 0 bridgehead atoms. The Morgan fingerprint density at radius 1 is 1.31 bits per heavy atom. The second-order valence-corrected chi connectivity index (χ2v) is 4.84. The number of carbonyl (C=O) groups is 1. The zero-order chi connectivity index (χ0) is 12.6. The summed E-state index contributed by atoms with van der Waals surface area (Å²) in [7, 11) is 0.541. The van der Waals surface area contributed by atoms with Gasteiger partial charge in [0, 0.05) is 11.6 Å². The quantitative estimate of drug-likeness (QED) is 0.621. The fraction of sp³-hybridized carbons (Fsp3) is 0.364. The summed E-state index contributed by atoms with van der Waals surface area (Å²) in [6.07, 6.45) is 0.917. The van der Waals surface area contributed by atoms with Crippen LogP contribution in [0.2, 0.25) is 0 Å². The number of hydrogen-bond acceptors (Lipinski definition) is 3. The number of carbonyl (C=O) groups excluding carboxylic acids is 1. The summed E-state index contributed by atoms with van der Waals surface area (Å²) >= 11 is 0. The molecule has 0 aliphatic heterocycles. The van der Waals surface area contributed by atoms with E-state index in [4.69, 9.17) is 5.73 Å². The minimum Gasteiger partial charge on any atom is -0.399 e. The van der Waals surface area contributed by atoms with Gasteiger partial charge in [-0.3, -0.25) is 0 Å². The molecule has 1 atom stereocenters. The number of hydrogen-bond donors (Lipinski definition) is 2. The lowest BCUT2D eigenvalue weighted by Crippen LogP contribution is -2.10. The predicted molar refractivity (Wildman–Crippen MR) is 67.2 cm³/mol. The molecule has 1 aromatic carbocycles. The summed E-state index contributed by atoms with van der Waals surface area (Å²) in [6, 6.07) is 6.93. The molecule has 1 unspecified atom stereocenters. The lowest BCUT2D eigenvalue weighted by molar-refractivity contribution is -0.110. The number of benzene rings is 1. The van der Waals surface area contributed by atoms with Crippen LogP contribution in [0.4, 0.5) is 5.69 Å². The first kappa shape index (κ1) is 14.8. The van der Waals surface area contributed by atoms with Gasteiger partial charge in [0.1, 0.15) is 17.3 Å². The molecule has 0 aliphatic carbocycles. The Morgan fingerprint density at radius 3 is 2.06 bits per heavy atom. The summed E-state index contributed by atoms with van der Waals surface area (Å²) in [4.78, 5) is 10.2. The lowest BCUT2D eigenvalue weighted by Gasteiger charge is -1.98. The topological polar surface area (TPSA) is 72.2 Å². The van der Waals surface area contributed by atoms with Gasteiger partial charge in [0.2, 0.25) is 0 Å². The Balaban J connectivity index is 0.000000385. The minimum atomic E-state index is -1.10. The van der Waals surface area contributed by atoms with E-state index in [9.17, 15) is 9.00 Å². The molecular weight excluding hydrogens is 224 g/mol. The van der Waals surface area contributed by atoms with Crippen molar-refractivity contribution in [1.29, 1.82) is 0 Å². The third-order valence-electron chi connectivity index (χ3n) is 1.55. The number of nitrogens with two attached hydrogens (primary N) is 1. The van der Waals surface area contributed by atoms with Gasteiger partial charge >= 0.3 is 0 Å². The highest BCUT2D eigenvalue weighted by Gasteiger charge is 1.97. The summed E-state index contributed by atoms with van der Waals surface area (Å²) in [5.74, 6) is 0.204. The van der Waals surface area contributed by atoms with Crippen LogP contribution in [0.1, 0.15) is 13.8 Å². The molecule has 0 amide bonds. The largest absolute Gasteiger partial charge is 0.399 e. The van der Waals surface area contributed by atoms with Gasteiger partial charge in [-0.25, -0.2) is 8.93 Å². The van der Waals surface area contributed by atoms with Gasteiger partial charge in [0.05, 0.1) is 4.90 Å². The van der Waals surface area contributed by atoms with Gasteiger partial charge in [-0.1, -0.05) is 13.8 Å². The Morgan fingerprint density at radius 2 is 1.75 bits per heavy atom. The van der Waals surface area contributed by atoms with Gasteiger partial charge in [-0.05, 0) is 31.3 Å². The van der Waals surface area contributed by atoms with Crippen molar-refractivity contribution in [2.24, 2.45) is 5.92 Å². The fourth-order valence-electron chi connectivity index (χ4n) is 0.709. The summed E-state index contributed by atoms with van der Waals surface area (Å²) in [5, 5.41) is 0. The van der Waals surface area contributed by atoms with E-state index in [1.165, 1.54) is 0 Å². The van der Waals surface area contributed by atoms with Crippen molar-refractivity contribution in [3.63, 3.8) is 0 Å². The molecule has 0 aliphatic rings. The van der Waals surface area contributed by atoms with Crippen molar-refractivity contribution in [3.05, 3.63) is 24.3 Å². The van der Waals surface area contributed by atoms with Crippen LogP contribution >= 0.6 is 0 Å². The molecule has 0 heterocycles. The molecule has 3 N–H and O–H groups in total. The third kappa shape index (κ3) is 6.31. The maximum atomic E-state index is 11.1. The van der Waals surface area contributed by atoms with Gasteiger partial charge < -0.3 is 10.5 Å². The van der Waals surface area contributed by atoms with E-state index in [2.05, 4.69) is 4.72 Å². The van der Waals surface area contributed by atoms with Crippen molar-refractivity contribution < 1.29 is 9.00 Å². The molecule has 16 heavy (non-hydrogen) atoms. The first-order valence-corrected chi connectivity index (χ1v) is 6.06. The van der Waals surface area contributed by atoms with Crippen LogP contribution in [0.5, 0.6) is 0 Å². The van der Waals surface area contributed by atoms with Crippen molar-refractivity contribution in [3.8, 4) is 0 Å². The maximum absolute atomic E-state index is 11.1. The molecule has 0 fully saturated rings. The standard InChI is InChI=1S/C7H10N2OS.C4H8O/c1-9-11(10)7-4-2-6(8)3-5-7;1-4(2)3-5/h2-5,9H,8H2,1H3;3-4H,1-2H3. The first-order valence-electron chi connectivity index (χ1n) is 4.91. The third-order valence-corrected chi connectivity index (χ3v) is 2.62. The lowest BCUT2D eigenvalue weighted by atomic mass is 10.3. The molecule has 1 aromatic rings. The highest BCUT2D eigenvalue weighted by atomic mass is 32.2. The smallest absolute Gasteiger partial charge is 0.124 e. The normalized spacial score (nSPS) is 11.5.